The van der Waals surface area contributed by atoms with Crippen molar-refractivity contribution in [3.63, 3.8) is 0 Å². The Morgan fingerprint density at radius 2 is 2.20 bits per heavy atom. The van der Waals surface area contributed by atoms with Crippen molar-refractivity contribution in [1.29, 1.82) is 0 Å². The summed E-state index contributed by atoms with van der Waals surface area (Å²) in [5.41, 5.74) is 0.580. The lowest BCUT2D eigenvalue weighted by molar-refractivity contribution is 0.409. The zero-order chi connectivity index (χ0) is 13.8. The van der Waals surface area contributed by atoms with E-state index in [1.54, 1.807) is 6.07 Å². The van der Waals surface area contributed by atoms with Crippen molar-refractivity contribution in [2.75, 3.05) is 6.54 Å². The Bertz CT molecular complexity index is 751. The molecule has 0 aliphatic heterocycles. The van der Waals surface area contributed by atoms with E-state index in [9.17, 15) is 4.79 Å². The summed E-state index contributed by atoms with van der Waals surface area (Å²) >= 11 is 0. The van der Waals surface area contributed by atoms with Crippen molar-refractivity contribution in [2.24, 2.45) is 0 Å². The van der Waals surface area contributed by atoms with Gasteiger partial charge in [-0.3, -0.25) is 4.79 Å². The number of benzene rings is 1. The Balaban J connectivity index is 1.64. The van der Waals surface area contributed by atoms with Crippen molar-refractivity contribution in [2.45, 2.75) is 13.0 Å². The summed E-state index contributed by atoms with van der Waals surface area (Å²) in [6.07, 6.45) is 1.96. The molecular formula is C13H13N5O2. The Hall–Kier alpha value is -2.54. The van der Waals surface area contributed by atoms with Crippen LogP contribution in [0.5, 0.6) is 0 Å². The van der Waals surface area contributed by atoms with E-state index >= 15 is 0 Å². The second-order valence-corrected chi connectivity index (χ2v) is 4.30. The normalized spacial score (nSPS) is 11.0. The van der Waals surface area contributed by atoms with E-state index in [2.05, 4.69) is 29.9 Å². The van der Waals surface area contributed by atoms with Crippen molar-refractivity contribution in [3.8, 4) is 0 Å². The van der Waals surface area contributed by atoms with E-state index in [1.807, 2.05) is 18.2 Å². The fraction of sp³-hybridized carbons (Fsp3) is 0.231. The number of aromatic nitrogens is 4. The predicted octanol–water partition coefficient (Wildman–Crippen LogP) is 0.638. The summed E-state index contributed by atoms with van der Waals surface area (Å²) in [5, 5.41) is 7.49. The smallest absolute Gasteiger partial charge is 0.258 e. The number of aromatic amines is 1. The van der Waals surface area contributed by atoms with Crippen LogP contribution in [0.15, 0.2) is 40.0 Å². The van der Waals surface area contributed by atoms with Gasteiger partial charge in [0.2, 0.25) is 6.39 Å². The second kappa shape index (κ2) is 5.62. The number of fused-ring (bicyclic) bond motifs is 1. The third-order valence-corrected chi connectivity index (χ3v) is 2.89. The van der Waals surface area contributed by atoms with Gasteiger partial charge >= 0.3 is 0 Å². The fourth-order valence-electron chi connectivity index (χ4n) is 1.93. The van der Waals surface area contributed by atoms with E-state index in [1.165, 1.54) is 6.39 Å². The molecule has 3 aromatic rings. The average molecular weight is 271 g/mol. The minimum absolute atomic E-state index is 0.120. The van der Waals surface area contributed by atoms with Gasteiger partial charge in [0.05, 0.1) is 17.4 Å². The molecule has 0 aliphatic carbocycles. The fourth-order valence-corrected chi connectivity index (χ4v) is 1.93. The van der Waals surface area contributed by atoms with E-state index in [0.717, 1.165) is 0 Å². The number of nitrogens with one attached hydrogen (secondary N) is 2. The highest BCUT2D eigenvalue weighted by Gasteiger charge is 2.03. The van der Waals surface area contributed by atoms with Crippen LogP contribution in [-0.2, 0) is 13.0 Å². The first-order valence-electron chi connectivity index (χ1n) is 6.27. The van der Waals surface area contributed by atoms with Crippen LogP contribution in [0.25, 0.3) is 10.9 Å². The van der Waals surface area contributed by atoms with Crippen LogP contribution in [0.2, 0.25) is 0 Å². The van der Waals surface area contributed by atoms with Gasteiger partial charge in [-0.15, -0.1) is 0 Å². The number of hydrogen-bond acceptors (Lipinski definition) is 6. The summed E-state index contributed by atoms with van der Waals surface area (Å²) in [4.78, 5) is 23.0. The van der Waals surface area contributed by atoms with Gasteiger partial charge in [-0.1, -0.05) is 17.3 Å². The van der Waals surface area contributed by atoms with E-state index in [0.29, 0.717) is 42.1 Å². The van der Waals surface area contributed by atoms with Crippen LogP contribution in [0.3, 0.4) is 0 Å². The van der Waals surface area contributed by atoms with Gasteiger partial charge in [0.25, 0.3) is 5.56 Å². The molecule has 1 aromatic carbocycles. The van der Waals surface area contributed by atoms with Crippen molar-refractivity contribution < 1.29 is 4.52 Å². The lowest BCUT2D eigenvalue weighted by atomic mass is 10.2. The van der Waals surface area contributed by atoms with Crippen LogP contribution in [0, 0.1) is 0 Å². The van der Waals surface area contributed by atoms with Gasteiger partial charge in [-0.25, -0.2) is 4.98 Å². The Morgan fingerprint density at radius 3 is 3.05 bits per heavy atom. The molecule has 0 saturated heterocycles. The molecule has 0 spiro atoms. The molecule has 0 atom stereocenters. The molecule has 0 saturated carbocycles. The summed E-state index contributed by atoms with van der Waals surface area (Å²) < 4.78 is 4.65. The zero-order valence-corrected chi connectivity index (χ0v) is 10.7. The lowest BCUT2D eigenvalue weighted by Crippen LogP contribution is -2.21. The van der Waals surface area contributed by atoms with Crippen molar-refractivity contribution in [3.05, 3.63) is 52.7 Å². The minimum atomic E-state index is -0.120. The van der Waals surface area contributed by atoms with Gasteiger partial charge in [0.1, 0.15) is 5.82 Å². The summed E-state index contributed by atoms with van der Waals surface area (Å²) in [5.74, 6) is 1.26. The van der Waals surface area contributed by atoms with Crippen molar-refractivity contribution >= 4 is 10.9 Å². The number of para-hydroxylation sites is 1. The first-order valence-corrected chi connectivity index (χ1v) is 6.27. The van der Waals surface area contributed by atoms with Crippen molar-refractivity contribution in [1.82, 2.24) is 25.4 Å². The molecule has 7 nitrogen and oxygen atoms in total. The quantitative estimate of drug-likeness (QED) is 0.661. The first kappa shape index (κ1) is 12.5. The minimum Gasteiger partial charge on any atom is -0.343 e. The van der Waals surface area contributed by atoms with E-state index in [-0.39, 0.29) is 5.56 Å². The Labute approximate surface area is 114 Å². The maximum absolute atomic E-state index is 11.9. The lowest BCUT2D eigenvalue weighted by Gasteiger charge is -2.04. The van der Waals surface area contributed by atoms with Crippen LogP contribution in [0.1, 0.15) is 11.6 Å². The largest absolute Gasteiger partial charge is 0.343 e. The number of nitrogens with zero attached hydrogens (tertiary/aromatic N) is 3. The van der Waals surface area contributed by atoms with Gasteiger partial charge in [-0.2, -0.15) is 4.98 Å². The standard InChI is InChI=1S/C13H13N5O2/c19-13-9-3-1-2-4-10(9)16-12(17-13)7-14-6-5-11-15-8-20-18-11/h1-4,8,14H,5-7H2,(H,16,17,19). The molecule has 0 aliphatic rings. The highest BCUT2D eigenvalue weighted by Crippen LogP contribution is 2.05. The third kappa shape index (κ3) is 2.72. The van der Waals surface area contributed by atoms with E-state index in [4.69, 9.17) is 0 Å². The SMILES string of the molecule is O=c1[nH]c(CNCCc2ncon2)nc2ccccc12. The second-order valence-electron chi connectivity index (χ2n) is 4.30. The molecule has 0 fully saturated rings. The Kier molecular flexibility index (Phi) is 3.51. The predicted molar refractivity (Wildman–Crippen MR) is 72.1 cm³/mol. The summed E-state index contributed by atoms with van der Waals surface area (Å²) in [6, 6.07) is 7.27. The topological polar surface area (TPSA) is 96.7 Å². The zero-order valence-electron chi connectivity index (χ0n) is 10.7. The molecule has 0 radical (unpaired) electrons. The van der Waals surface area contributed by atoms with Crippen LogP contribution < -0.4 is 10.9 Å². The maximum Gasteiger partial charge on any atom is 0.258 e. The molecule has 0 bridgehead atoms. The number of H-pyrrole nitrogens is 1. The highest BCUT2D eigenvalue weighted by molar-refractivity contribution is 5.77. The van der Waals surface area contributed by atoms with E-state index < -0.39 is 0 Å². The highest BCUT2D eigenvalue weighted by atomic mass is 16.5. The molecule has 7 heteroatoms. The number of hydrogen-bond donors (Lipinski definition) is 2. The molecule has 3 rings (SSSR count). The average Bonchev–Trinajstić information content (AvgIpc) is 2.97. The van der Waals surface area contributed by atoms with Crippen LogP contribution in [0.4, 0.5) is 0 Å². The summed E-state index contributed by atoms with van der Waals surface area (Å²) in [6.45, 7) is 1.16. The molecule has 2 heterocycles. The van der Waals surface area contributed by atoms with Gasteiger partial charge < -0.3 is 14.8 Å². The molecule has 2 aromatic heterocycles. The van der Waals surface area contributed by atoms with Gasteiger partial charge in [0.15, 0.2) is 5.82 Å². The summed E-state index contributed by atoms with van der Waals surface area (Å²) in [7, 11) is 0. The molecule has 20 heavy (non-hydrogen) atoms. The monoisotopic (exact) mass is 271 g/mol. The van der Waals surface area contributed by atoms with Gasteiger partial charge in [0, 0.05) is 13.0 Å². The molecule has 0 unspecified atom stereocenters. The third-order valence-electron chi connectivity index (χ3n) is 2.89. The molecule has 102 valence electrons. The van der Waals surface area contributed by atoms with Gasteiger partial charge in [-0.05, 0) is 12.1 Å². The maximum atomic E-state index is 11.9. The Morgan fingerprint density at radius 1 is 1.30 bits per heavy atom. The first-order chi connectivity index (χ1) is 9.83. The molecule has 0 amide bonds. The number of rotatable bonds is 5. The van der Waals surface area contributed by atoms with Crippen LogP contribution >= 0.6 is 0 Å². The molecular weight excluding hydrogens is 258 g/mol. The molecule has 2 N–H and O–H groups in total. The van der Waals surface area contributed by atoms with Crippen LogP contribution in [-0.4, -0.2) is 26.7 Å².